The average molecular weight is 268 g/mol. The monoisotopic (exact) mass is 268 g/mol. The number of rotatable bonds is 6. The van der Waals surface area contributed by atoms with Gasteiger partial charge in [0.1, 0.15) is 12.8 Å². The number of carbonyl (C=O) groups excluding carboxylic acids is 2. The number of hydrogen-bond acceptors (Lipinski definition) is 5. The number of ether oxygens (including phenoxy) is 2. The number of hydrogen-bond donors (Lipinski definition) is 2. The van der Waals surface area contributed by atoms with E-state index >= 15 is 0 Å². The normalized spacial score (nSPS) is 22.2. The van der Waals surface area contributed by atoms with E-state index in [1.807, 2.05) is 0 Å². The molecule has 1 aliphatic heterocycles. The molecule has 0 aromatic rings. The van der Waals surface area contributed by atoms with Crippen molar-refractivity contribution in [3.63, 3.8) is 0 Å². The van der Waals surface area contributed by atoms with Crippen molar-refractivity contribution in [2.45, 2.75) is 39.0 Å². The maximum Gasteiger partial charge on any atom is 0.302 e. The van der Waals surface area contributed by atoms with Crippen LogP contribution >= 0.6 is 0 Å². The zero-order valence-corrected chi connectivity index (χ0v) is 11.3. The van der Waals surface area contributed by atoms with Gasteiger partial charge in [0.2, 0.25) is 5.91 Å². The zero-order valence-electron chi connectivity index (χ0n) is 11.3. The molecule has 0 saturated carbocycles. The molecule has 1 amide bonds. The quantitative estimate of drug-likeness (QED) is 0.550. The molecule has 1 aliphatic rings. The lowest BCUT2D eigenvalue weighted by molar-refractivity contribution is -0.145. The summed E-state index contributed by atoms with van der Waals surface area (Å²) >= 11 is 0. The first kappa shape index (κ1) is 15.2. The van der Waals surface area contributed by atoms with Gasteiger partial charge in [-0.15, -0.1) is 0 Å². The highest BCUT2D eigenvalue weighted by molar-refractivity contribution is 5.75. The van der Waals surface area contributed by atoms with Gasteiger partial charge in [-0.05, 0) is 18.9 Å². The fraction of sp³-hybridized carbons (Fsp3) is 0.538. The van der Waals surface area contributed by atoms with Crippen LogP contribution in [0.15, 0.2) is 24.6 Å². The first-order valence-electron chi connectivity index (χ1n) is 6.15. The van der Waals surface area contributed by atoms with Crippen LogP contribution in [0.25, 0.3) is 0 Å². The molecule has 6 heteroatoms. The summed E-state index contributed by atoms with van der Waals surface area (Å²) in [6, 6.07) is 0. The van der Waals surface area contributed by atoms with Crippen LogP contribution in [0.3, 0.4) is 0 Å². The lowest BCUT2D eigenvalue weighted by Crippen LogP contribution is -2.26. The lowest BCUT2D eigenvalue weighted by Gasteiger charge is -2.13. The van der Waals surface area contributed by atoms with Crippen molar-refractivity contribution in [2.24, 2.45) is 0 Å². The van der Waals surface area contributed by atoms with Gasteiger partial charge in [-0.2, -0.15) is 0 Å². The summed E-state index contributed by atoms with van der Waals surface area (Å²) in [7, 11) is 0. The van der Waals surface area contributed by atoms with Gasteiger partial charge in [-0.25, -0.2) is 0 Å². The number of esters is 1. The first-order chi connectivity index (χ1) is 8.97. The van der Waals surface area contributed by atoms with Crippen molar-refractivity contribution < 1.29 is 19.1 Å². The Morgan fingerprint density at radius 3 is 2.79 bits per heavy atom. The van der Waals surface area contributed by atoms with E-state index in [1.165, 1.54) is 13.8 Å². The van der Waals surface area contributed by atoms with Crippen molar-refractivity contribution in [3.05, 3.63) is 24.6 Å². The third-order valence-corrected chi connectivity index (χ3v) is 2.48. The van der Waals surface area contributed by atoms with E-state index in [-0.39, 0.29) is 30.8 Å². The Morgan fingerprint density at radius 1 is 1.42 bits per heavy atom. The van der Waals surface area contributed by atoms with Crippen LogP contribution in [-0.4, -0.2) is 30.8 Å². The van der Waals surface area contributed by atoms with E-state index in [1.54, 1.807) is 12.3 Å². The van der Waals surface area contributed by atoms with Crippen molar-refractivity contribution >= 4 is 11.9 Å². The van der Waals surface area contributed by atoms with E-state index < -0.39 is 0 Å². The second-order valence-corrected chi connectivity index (χ2v) is 4.33. The van der Waals surface area contributed by atoms with Crippen LogP contribution in [0.4, 0.5) is 0 Å². The van der Waals surface area contributed by atoms with Crippen molar-refractivity contribution in [2.75, 3.05) is 6.61 Å². The molecule has 0 radical (unpaired) electrons. The van der Waals surface area contributed by atoms with Gasteiger partial charge >= 0.3 is 5.97 Å². The van der Waals surface area contributed by atoms with Gasteiger partial charge in [0.15, 0.2) is 0 Å². The zero-order chi connectivity index (χ0) is 14.3. The molecule has 0 aliphatic carbocycles. The van der Waals surface area contributed by atoms with Crippen LogP contribution in [0.5, 0.6) is 0 Å². The second kappa shape index (κ2) is 7.58. The third-order valence-electron chi connectivity index (χ3n) is 2.48. The number of nitrogens with one attached hydrogen (secondary N) is 2. The molecule has 1 fully saturated rings. The molecule has 1 heterocycles. The predicted octanol–water partition coefficient (Wildman–Crippen LogP) is 0.808. The number of carbonyl (C=O) groups is 2. The molecule has 1 rings (SSSR count). The summed E-state index contributed by atoms with van der Waals surface area (Å²) < 4.78 is 10.5. The average Bonchev–Trinajstić information content (AvgIpc) is 2.73. The maximum absolute atomic E-state index is 10.8. The van der Waals surface area contributed by atoms with E-state index in [9.17, 15) is 9.59 Å². The fourth-order valence-corrected chi connectivity index (χ4v) is 1.68. The lowest BCUT2D eigenvalue weighted by atomic mass is 10.2. The molecule has 0 bridgehead atoms. The van der Waals surface area contributed by atoms with Gasteiger partial charge in [-0.3, -0.25) is 9.59 Å². The van der Waals surface area contributed by atoms with E-state index in [4.69, 9.17) is 9.47 Å². The first-order valence-corrected chi connectivity index (χ1v) is 6.15. The van der Waals surface area contributed by atoms with Gasteiger partial charge in [-0.1, -0.05) is 6.58 Å². The summed E-state index contributed by atoms with van der Waals surface area (Å²) in [6.45, 7) is 6.75. The molecule has 0 aromatic heterocycles. The minimum Gasteiger partial charge on any atom is -0.463 e. The number of allylic oxidation sites excluding steroid dienone is 1. The Kier molecular flexibility index (Phi) is 6.08. The Labute approximate surface area is 112 Å². The highest BCUT2D eigenvalue weighted by Gasteiger charge is 2.24. The molecule has 2 unspecified atom stereocenters. The topological polar surface area (TPSA) is 76.7 Å². The Balaban J connectivity index is 2.21. The summed E-state index contributed by atoms with van der Waals surface area (Å²) in [5.41, 5.74) is 0.509. The molecule has 19 heavy (non-hydrogen) atoms. The van der Waals surface area contributed by atoms with Crippen LogP contribution in [0, 0.1) is 0 Å². The van der Waals surface area contributed by atoms with E-state index in [2.05, 4.69) is 17.2 Å². The fourth-order valence-electron chi connectivity index (χ4n) is 1.68. The molecule has 0 aromatic carbocycles. The van der Waals surface area contributed by atoms with E-state index in [0.29, 0.717) is 5.70 Å². The molecule has 2 atom stereocenters. The highest BCUT2D eigenvalue weighted by atomic mass is 16.6. The minimum atomic E-state index is -0.300. The Bertz CT molecular complexity index is 379. The van der Waals surface area contributed by atoms with Crippen molar-refractivity contribution in [1.82, 2.24) is 10.6 Å². The summed E-state index contributed by atoms with van der Waals surface area (Å²) in [5, 5.41) is 5.60. The number of amides is 1. The smallest absolute Gasteiger partial charge is 0.302 e. The summed E-state index contributed by atoms with van der Waals surface area (Å²) in [6.07, 6.45) is 4.84. The molecular weight excluding hydrogens is 248 g/mol. The maximum atomic E-state index is 10.8. The summed E-state index contributed by atoms with van der Waals surface area (Å²) in [4.78, 5) is 21.4. The highest BCUT2D eigenvalue weighted by Crippen LogP contribution is 2.18. The van der Waals surface area contributed by atoms with Gasteiger partial charge < -0.3 is 20.1 Å². The molecule has 2 N–H and O–H groups in total. The largest absolute Gasteiger partial charge is 0.463 e. The molecular formula is C13H20N2O4. The van der Waals surface area contributed by atoms with Gasteiger partial charge in [0.05, 0.1) is 6.10 Å². The minimum absolute atomic E-state index is 0.0617. The Hall–Kier alpha value is -1.82. The van der Waals surface area contributed by atoms with Crippen LogP contribution in [-0.2, 0) is 19.1 Å². The van der Waals surface area contributed by atoms with Crippen molar-refractivity contribution in [3.8, 4) is 0 Å². The SMILES string of the molecule is C=C(/C=C\NC1CCC(COC(C)=O)O1)NC(C)=O. The second-order valence-electron chi connectivity index (χ2n) is 4.33. The standard InChI is InChI=1S/C13H20N2O4/c1-9(15-10(2)16)6-7-14-13-5-4-12(19-13)8-18-11(3)17/h6-7,12-14H,1,4-5,8H2,2-3H3,(H,15,16)/b7-6-. The summed E-state index contributed by atoms with van der Waals surface area (Å²) in [5.74, 6) is -0.459. The third kappa shape index (κ3) is 6.61. The predicted molar refractivity (Wildman–Crippen MR) is 69.8 cm³/mol. The van der Waals surface area contributed by atoms with Gasteiger partial charge in [0, 0.05) is 25.7 Å². The molecule has 106 valence electrons. The molecule has 6 nitrogen and oxygen atoms in total. The van der Waals surface area contributed by atoms with Crippen LogP contribution in [0.2, 0.25) is 0 Å². The van der Waals surface area contributed by atoms with Gasteiger partial charge in [0.25, 0.3) is 0 Å². The van der Waals surface area contributed by atoms with Crippen molar-refractivity contribution in [1.29, 1.82) is 0 Å². The van der Waals surface area contributed by atoms with Crippen LogP contribution in [0.1, 0.15) is 26.7 Å². The molecule has 1 saturated heterocycles. The Morgan fingerprint density at radius 2 is 2.16 bits per heavy atom. The van der Waals surface area contributed by atoms with Crippen LogP contribution < -0.4 is 10.6 Å². The molecule has 0 spiro atoms. The van der Waals surface area contributed by atoms with E-state index in [0.717, 1.165) is 12.8 Å².